The van der Waals surface area contributed by atoms with E-state index in [1.165, 1.54) is 4.90 Å². The molecule has 1 aromatic rings. The van der Waals surface area contributed by atoms with Crippen LogP contribution in [0.15, 0.2) is 12.1 Å². The van der Waals surface area contributed by atoms with E-state index in [0.29, 0.717) is 25.5 Å². The van der Waals surface area contributed by atoms with Crippen LogP contribution in [0.2, 0.25) is 0 Å². The minimum Gasteiger partial charge on any atom is -0.487 e. The summed E-state index contributed by atoms with van der Waals surface area (Å²) < 4.78 is 64.0. The van der Waals surface area contributed by atoms with E-state index in [1.54, 1.807) is 20.8 Å². The van der Waals surface area contributed by atoms with Crippen LogP contribution in [0.5, 0.6) is 5.75 Å². The molecule has 0 aliphatic carbocycles. The van der Waals surface area contributed by atoms with E-state index in [1.807, 2.05) is 0 Å². The molecule has 0 bridgehead atoms. The van der Waals surface area contributed by atoms with Gasteiger partial charge in [0.05, 0.1) is 11.1 Å². The Morgan fingerprint density at radius 2 is 1.96 bits per heavy atom. The van der Waals surface area contributed by atoms with Crippen LogP contribution in [0.25, 0.3) is 0 Å². The maximum Gasteiger partial charge on any atom is 0.416 e. The first kappa shape index (κ1) is 17.8. The summed E-state index contributed by atoms with van der Waals surface area (Å²) >= 11 is 0. The van der Waals surface area contributed by atoms with Crippen molar-refractivity contribution in [2.75, 3.05) is 6.54 Å². The number of likely N-dealkylation sites (tertiary alicyclic amines) is 1. The van der Waals surface area contributed by atoms with Gasteiger partial charge in [0.15, 0.2) is 0 Å². The molecule has 2 atom stereocenters. The SMILES string of the molecule is CC(C)(C)OC(=O)N1CCC[C@@H]2Oc3cc(C(F)(F)F)cc(F)c3[C@@H]21. The van der Waals surface area contributed by atoms with Gasteiger partial charge in [-0.3, -0.25) is 4.90 Å². The molecule has 3 rings (SSSR count). The van der Waals surface area contributed by atoms with Gasteiger partial charge in [-0.1, -0.05) is 0 Å². The number of fused-ring (bicyclic) bond motifs is 3. The fourth-order valence-corrected chi connectivity index (χ4v) is 3.25. The first-order valence-corrected chi connectivity index (χ1v) is 8.04. The van der Waals surface area contributed by atoms with Crippen molar-refractivity contribution >= 4 is 6.09 Å². The molecule has 1 fully saturated rings. The van der Waals surface area contributed by atoms with Gasteiger partial charge in [0.2, 0.25) is 0 Å². The van der Waals surface area contributed by atoms with Crippen molar-refractivity contribution in [1.82, 2.24) is 4.90 Å². The second-order valence-electron chi connectivity index (χ2n) is 7.28. The van der Waals surface area contributed by atoms with Crippen molar-refractivity contribution in [3.63, 3.8) is 0 Å². The second kappa shape index (κ2) is 5.78. The zero-order chi connectivity index (χ0) is 18.6. The van der Waals surface area contributed by atoms with Crippen LogP contribution in [0.4, 0.5) is 22.4 Å². The Bertz CT molecular complexity index is 696. The number of ether oxygens (including phenoxy) is 2. The summed E-state index contributed by atoms with van der Waals surface area (Å²) in [4.78, 5) is 13.8. The predicted octanol–water partition coefficient (Wildman–Crippen LogP) is 4.68. The summed E-state index contributed by atoms with van der Waals surface area (Å²) in [6, 6.07) is 0.470. The van der Waals surface area contributed by atoms with Crippen LogP contribution < -0.4 is 4.74 Å². The molecule has 0 spiro atoms. The highest BCUT2D eigenvalue weighted by Crippen LogP contribution is 2.48. The first-order chi connectivity index (χ1) is 11.5. The molecule has 2 heterocycles. The average Bonchev–Trinajstić information content (AvgIpc) is 2.82. The van der Waals surface area contributed by atoms with Gasteiger partial charge in [-0.2, -0.15) is 13.2 Å². The third-order valence-electron chi connectivity index (χ3n) is 4.20. The number of rotatable bonds is 0. The minimum atomic E-state index is -4.67. The van der Waals surface area contributed by atoms with Crippen molar-refractivity contribution in [2.24, 2.45) is 0 Å². The Balaban J connectivity index is 1.98. The lowest BCUT2D eigenvalue weighted by Crippen LogP contribution is -2.46. The Hall–Kier alpha value is -1.99. The zero-order valence-corrected chi connectivity index (χ0v) is 14.1. The number of halogens is 4. The van der Waals surface area contributed by atoms with E-state index in [-0.39, 0.29) is 11.3 Å². The van der Waals surface area contributed by atoms with Crippen molar-refractivity contribution in [2.45, 2.75) is 57.5 Å². The van der Waals surface area contributed by atoms with Gasteiger partial charge >= 0.3 is 12.3 Å². The number of amides is 1. The summed E-state index contributed by atoms with van der Waals surface area (Å²) in [5, 5.41) is 0. The van der Waals surface area contributed by atoms with E-state index >= 15 is 0 Å². The molecule has 0 N–H and O–H groups in total. The lowest BCUT2D eigenvalue weighted by Gasteiger charge is -2.37. The fourth-order valence-electron chi connectivity index (χ4n) is 3.25. The van der Waals surface area contributed by atoms with Gasteiger partial charge in [0.1, 0.15) is 29.3 Å². The molecule has 0 radical (unpaired) electrons. The highest BCUT2D eigenvalue weighted by Gasteiger charge is 2.47. The quantitative estimate of drug-likeness (QED) is 0.630. The van der Waals surface area contributed by atoms with Gasteiger partial charge in [0, 0.05) is 6.54 Å². The standard InChI is InChI=1S/C17H19F4NO3/c1-16(2,3)25-15(23)22-6-4-5-11-14(22)13-10(18)7-9(17(19,20)21)8-12(13)24-11/h7-8,11,14H,4-6H2,1-3H3/t11-,14+/m0/s1. The normalized spacial score (nSPS) is 22.9. The third-order valence-corrected chi connectivity index (χ3v) is 4.20. The Morgan fingerprint density at radius 3 is 2.56 bits per heavy atom. The van der Waals surface area contributed by atoms with Crippen molar-refractivity contribution in [3.8, 4) is 5.75 Å². The topological polar surface area (TPSA) is 38.8 Å². The summed E-state index contributed by atoms with van der Waals surface area (Å²) in [7, 11) is 0. The lowest BCUT2D eigenvalue weighted by atomic mass is 9.94. The molecule has 2 aliphatic rings. The van der Waals surface area contributed by atoms with Crippen LogP contribution in [-0.4, -0.2) is 29.2 Å². The molecule has 4 nitrogen and oxygen atoms in total. The van der Waals surface area contributed by atoms with Gasteiger partial charge in [-0.15, -0.1) is 0 Å². The van der Waals surface area contributed by atoms with Crippen LogP contribution in [0, 0.1) is 5.82 Å². The van der Waals surface area contributed by atoms with E-state index < -0.39 is 41.4 Å². The fraction of sp³-hybridized carbons (Fsp3) is 0.588. The highest BCUT2D eigenvalue weighted by atomic mass is 19.4. The number of benzene rings is 1. The summed E-state index contributed by atoms with van der Waals surface area (Å²) in [6.45, 7) is 5.46. The van der Waals surface area contributed by atoms with Gasteiger partial charge in [-0.25, -0.2) is 9.18 Å². The smallest absolute Gasteiger partial charge is 0.416 e. The Kier molecular flexibility index (Phi) is 4.12. The van der Waals surface area contributed by atoms with Gasteiger partial charge in [-0.05, 0) is 45.7 Å². The van der Waals surface area contributed by atoms with Gasteiger partial charge < -0.3 is 9.47 Å². The number of carbonyl (C=O) groups is 1. The van der Waals surface area contributed by atoms with Gasteiger partial charge in [0.25, 0.3) is 0 Å². The van der Waals surface area contributed by atoms with Crippen molar-refractivity contribution in [3.05, 3.63) is 29.1 Å². The van der Waals surface area contributed by atoms with E-state index in [2.05, 4.69) is 0 Å². The molecule has 25 heavy (non-hydrogen) atoms. The maximum atomic E-state index is 14.5. The monoisotopic (exact) mass is 361 g/mol. The van der Waals surface area contributed by atoms with Crippen LogP contribution in [0.1, 0.15) is 50.8 Å². The molecule has 1 saturated heterocycles. The van der Waals surface area contributed by atoms with E-state index in [4.69, 9.17) is 9.47 Å². The van der Waals surface area contributed by atoms with E-state index in [9.17, 15) is 22.4 Å². The minimum absolute atomic E-state index is 0.0106. The molecule has 0 saturated carbocycles. The summed E-state index contributed by atoms with van der Waals surface area (Å²) in [6.07, 6.45) is -4.74. The average molecular weight is 361 g/mol. The number of hydrogen-bond acceptors (Lipinski definition) is 3. The van der Waals surface area contributed by atoms with Crippen LogP contribution >= 0.6 is 0 Å². The first-order valence-electron chi connectivity index (χ1n) is 8.04. The third kappa shape index (κ3) is 3.39. The predicted molar refractivity (Wildman–Crippen MR) is 80.7 cm³/mol. The maximum absolute atomic E-state index is 14.5. The Labute approximate surface area is 142 Å². The highest BCUT2D eigenvalue weighted by molar-refractivity contribution is 5.70. The largest absolute Gasteiger partial charge is 0.487 e. The number of piperidine rings is 1. The molecule has 1 amide bonds. The molecule has 0 unspecified atom stereocenters. The van der Waals surface area contributed by atoms with Crippen molar-refractivity contribution in [1.29, 1.82) is 0 Å². The molecule has 138 valence electrons. The number of nitrogens with zero attached hydrogens (tertiary/aromatic N) is 1. The Morgan fingerprint density at radius 1 is 1.28 bits per heavy atom. The second-order valence-corrected chi connectivity index (χ2v) is 7.28. The molecule has 8 heteroatoms. The lowest BCUT2D eigenvalue weighted by molar-refractivity contribution is -0.137. The van der Waals surface area contributed by atoms with Crippen LogP contribution in [0.3, 0.4) is 0 Å². The number of alkyl halides is 3. The summed E-state index contributed by atoms with van der Waals surface area (Å²) in [5.41, 5.74) is -1.85. The van der Waals surface area contributed by atoms with E-state index in [0.717, 1.165) is 6.07 Å². The number of carbonyl (C=O) groups excluding carboxylic acids is 1. The molecular formula is C17H19F4NO3. The number of hydrogen-bond donors (Lipinski definition) is 0. The molecule has 0 aromatic heterocycles. The van der Waals surface area contributed by atoms with Crippen molar-refractivity contribution < 1.29 is 31.8 Å². The molecule has 2 aliphatic heterocycles. The molecule has 1 aromatic carbocycles. The molecular weight excluding hydrogens is 342 g/mol. The summed E-state index contributed by atoms with van der Waals surface area (Å²) in [5.74, 6) is -1.18. The van der Waals surface area contributed by atoms with Crippen LogP contribution in [-0.2, 0) is 10.9 Å². The zero-order valence-electron chi connectivity index (χ0n) is 14.1.